The molecular weight excluding hydrogens is 416 g/mol. The Hall–Kier alpha value is -2.74. The fraction of sp³-hybridized carbons (Fsp3) is 0.500. The van der Waals surface area contributed by atoms with Crippen LogP contribution in [0.5, 0.6) is 11.8 Å². The highest BCUT2D eigenvalue weighted by Crippen LogP contribution is 2.44. The van der Waals surface area contributed by atoms with Crippen molar-refractivity contribution in [3.8, 4) is 11.8 Å². The van der Waals surface area contributed by atoms with E-state index in [4.69, 9.17) is 4.74 Å². The van der Waals surface area contributed by atoms with Crippen molar-refractivity contribution in [3.63, 3.8) is 0 Å². The second-order valence-electron chi connectivity index (χ2n) is 8.43. The van der Waals surface area contributed by atoms with Crippen LogP contribution in [-0.2, 0) is 10.2 Å². The smallest absolute Gasteiger partial charge is 0.388 e. The van der Waals surface area contributed by atoms with Crippen LogP contribution in [0.4, 0.5) is 14.5 Å². The van der Waals surface area contributed by atoms with Gasteiger partial charge in [-0.3, -0.25) is 4.79 Å². The van der Waals surface area contributed by atoms with Crippen LogP contribution in [0.2, 0.25) is 0 Å². The topological polar surface area (TPSA) is 72.5 Å². The molecular formula is C24H31F2N3O3. The van der Waals surface area contributed by atoms with Crippen LogP contribution in [0.15, 0.2) is 36.4 Å². The molecule has 2 N–H and O–H groups in total. The normalized spacial score (nSPS) is 20.9. The van der Waals surface area contributed by atoms with Gasteiger partial charge >= 0.3 is 6.61 Å². The minimum Gasteiger partial charge on any atom is -0.481 e. The maximum atomic E-state index is 13.8. The van der Waals surface area contributed by atoms with E-state index in [1.165, 1.54) is 19.2 Å². The number of benzene rings is 1. The summed E-state index contributed by atoms with van der Waals surface area (Å²) in [6, 6.07) is 11.3. The number of pyridine rings is 1. The fourth-order valence-corrected chi connectivity index (χ4v) is 4.50. The summed E-state index contributed by atoms with van der Waals surface area (Å²) >= 11 is 0. The highest BCUT2D eigenvalue weighted by atomic mass is 19.3. The Morgan fingerprint density at radius 3 is 2.44 bits per heavy atom. The van der Waals surface area contributed by atoms with E-state index in [2.05, 4.69) is 40.3 Å². The third-order valence-electron chi connectivity index (χ3n) is 6.27. The summed E-state index contributed by atoms with van der Waals surface area (Å²) < 4.78 is 35.5. The number of alkyl halides is 2. The Balaban J connectivity index is 2.01. The lowest BCUT2D eigenvalue weighted by Crippen LogP contribution is -2.47. The SMILES string of the molecule is CNC1CCC(C(=O)Nc2ccc(OC)nc2OC(F)F)(c2ccccc2C(C)C)CC1. The summed E-state index contributed by atoms with van der Waals surface area (Å²) in [5.41, 5.74) is 1.41. The number of nitrogens with zero attached hydrogens (tertiary/aromatic N) is 1. The molecule has 1 aliphatic rings. The summed E-state index contributed by atoms with van der Waals surface area (Å²) in [6.07, 6.45) is 2.95. The van der Waals surface area contributed by atoms with Crippen molar-refractivity contribution in [2.45, 2.75) is 63.5 Å². The van der Waals surface area contributed by atoms with Crippen molar-refractivity contribution in [1.82, 2.24) is 10.3 Å². The number of anilines is 1. The van der Waals surface area contributed by atoms with Gasteiger partial charge in [-0.15, -0.1) is 0 Å². The van der Waals surface area contributed by atoms with Crippen molar-refractivity contribution in [2.24, 2.45) is 0 Å². The molecule has 32 heavy (non-hydrogen) atoms. The van der Waals surface area contributed by atoms with Gasteiger partial charge in [0.1, 0.15) is 5.69 Å². The van der Waals surface area contributed by atoms with E-state index in [1.54, 1.807) is 0 Å². The van der Waals surface area contributed by atoms with Gasteiger partial charge in [0.15, 0.2) is 0 Å². The lowest BCUT2D eigenvalue weighted by molar-refractivity contribution is -0.123. The van der Waals surface area contributed by atoms with Crippen LogP contribution in [0.3, 0.4) is 0 Å². The molecule has 0 saturated heterocycles. The number of hydrogen-bond donors (Lipinski definition) is 2. The summed E-state index contributed by atoms with van der Waals surface area (Å²) in [7, 11) is 3.31. The second kappa shape index (κ2) is 10.3. The lowest BCUT2D eigenvalue weighted by Gasteiger charge is -2.41. The van der Waals surface area contributed by atoms with Gasteiger partial charge in [0.25, 0.3) is 0 Å². The monoisotopic (exact) mass is 447 g/mol. The van der Waals surface area contributed by atoms with E-state index in [0.29, 0.717) is 18.9 Å². The highest BCUT2D eigenvalue weighted by Gasteiger charge is 2.44. The Morgan fingerprint density at radius 1 is 1.16 bits per heavy atom. The number of nitrogens with one attached hydrogen (secondary N) is 2. The molecule has 1 fully saturated rings. The average Bonchev–Trinajstić information content (AvgIpc) is 2.79. The molecule has 1 aromatic carbocycles. The van der Waals surface area contributed by atoms with Crippen LogP contribution < -0.4 is 20.1 Å². The zero-order chi connectivity index (χ0) is 23.3. The second-order valence-corrected chi connectivity index (χ2v) is 8.43. The first-order valence-electron chi connectivity index (χ1n) is 10.9. The number of rotatable bonds is 8. The van der Waals surface area contributed by atoms with Crippen LogP contribution in [0.1, 0.15) is 56.6 Å². The minimum absolute atomic E-state index is 0.0910. The third kappa shape index (κ3) is 5.01. The molecule has 174 valence electrons. The fourth-order valence-electron chi connectivity index (χ4n) is 4.50. The van der Waals surface area contributed by atoms with Gasteiger partial charge in [-0.2, -0.15) is 13.8 Å². The minimum atomic E-state index is -3.08. The molecule has 0 aliphatic heterocycles. The first-order chi connectivity index (χ1) is 15.3. The number of halogens is 2. The van der Waals surface area contributed by atoms with Gasteiger partial charge in [0.05, 0.1) is 12.5 Å². The van der Waals surface area contributed by atoms with E-state index in [-0.39, 0.29) is 29.3 Å². The largest absolute Gasteiger partial charge is 0.481 e. The van der Waals surface area contributed by atoms with E-state index in [1.807, 2.05) is 25.2 Å². The Bertz CT molecular complexity index is 928. The van der Waals surface area contributed by atoms with Crippen LogP contribution in [0.25, 0.3) is 0 Å². The predicted molar refractivity (Wildman–Crippen MR) is 120 cm³/mol. The Morgan fingerprint density at radius 2 is 1.84 bits per heavy atom. The molecule has 1 amide bonds. The molecule has 0 atom stereocenters. The van der Waals surface area contributed by atoms with Gasteiger partial charge < -0.3 is 20.1 Å². The maximum Gasteiger partial charge on any atom is 0.388 e. The van der Waals surface area contributed by atoms with Gasteiger partial charge in [-0.25, -0.2) is 0 Å². The summed E-state index contributed by atoms with van der Waals surface area (Å²) in [5.74, 6) is -0.263. The summed E-state index contributed by atoms with van der Waals surface area (Å²) in [4.78, 5) is 17.8. The lowest BCUT2D eigenvalue weighted by atomic mass is 9.65. The number of methoxy groups -OCH3 is 1. The van der Waals surface area contributed by atoms with Gasteiger partial charge in [-0.05, 0) is 55.8 Å². The van der Waals surface area contributed by atoms with Crippen LogP contribution >= 0.6 is 0 Å². The predicted octanol–water partition coefficient (Wildman–Crippen LogP) is 4.85. The molecule has 3 rings (SSSR count). The summed E-state index contributed by atoms with van der Waals surface area (Å²) in [6.45, 7) is 1.13. The van der Waals surface area contributed by atoms with Crippen molar-refractivity contribution < 1.29 is 23.0 Å². The first-order valence-corrected chi connectivity index (χ1v) is 10.9. The van der Waals surface area contributed by atoms with Crippen molar-refractivity contribution in [3.05, 3.63) is 47.5 Å². The van der Waals surface area contributed by atoms with E-state index < -0.39 is 12.0 Å². The number of hydrogen-bond acceptors (Lipinski definition) is 5. The molecule has 0 bridgehead atoms. The Kier molecular flexibility index (Phi) is 7.66. The van der Waals surface area contributed by atoms with Gasteiger partial charge in [0.2, 0.25) is 17.7 Å². The van der Waals surface area contributed by atoms with Gasteiger partial charge in [-0.1, -0.05) is 38.1 Å². The molecule has 2 aromatic rings. The molecule has 1 aromatic heterocycles. The number of carbonyl (C=O) groups excluding carboxylic acids is 1. The standard InChI is InChI=1S/C24H31F2N3O3/c1-15(2)17-7-5-6-8-18(17)24(13-11-16(27-3)12-14-24)22(30)28-19-9-10-20(31-4)29-21(19)32-23(25)26/h5-10,15-16,23,27H,11-14H2,1-4H3,(H,28,30). The van der Waals surface area contributed by atoms with Crippen molar-refractivity contribution >= 4 is 11.6 Å². The van der Waals surface area contributed by atoms with E-state index >= 15 is 0 Å². The van der Waals surface area contributed by atoms with E-state index in [0.717, 1.165) is 24.0 Å². The number of carbonyl (C=O) groups is 1. The van der Waals surface area contributed by atoms with Crippen molar-refractivity contribution in [1.29, 1.82) is 0 Å². The molecule has 1 aliphatic carbocycles. The highest BCUT2D eigenvalue weighted by molar-refractivity contribution is 6.00. The Labute approximate surface area is 187 Å². The number of ether oxygens (including phenoxy) is 2. The number of amides is 1. The third-order valence-corrected chi connectivity index (χ3v) is 6.27. The molecule has 0 radical (unpaired) electrons. The molecule has 0 spiro atoms. The van der Waals surface area contributed by atoms with Crippen LogP contribution in [-0.4, -0.2) is 37.7 Å². The molecule has 1 heterocycles. The quantitative estimate of drug-likeness (QED) is 0.605. The average molecular weight is 448 g/mol. The molecule has 8 heteroatoms. The maximum absolute atomic E-state index is 13.8. The summed E-state index contributed by atoms with van der Waals surface area (Å²) in [5, 5.41) is 6.14. The van der Waals surface area contributed by atoms with Gasteiger partial charge in [0, 0.05) is 12.1 Å². The zero-order valence-electron chi connectivity index (χ0n) is 19.0. The van der Waals surface area contributed by atoms with E-state index in [9.17, 15) is 13.6 Å². The molecule has 6 nitrogen and oxygen atoms in total. The molecule has 1 saturated carbocycles. The van der Waals surface area contributed by atoms with Crippen molar-refractivity contribution in [2.75, 3.05) is 19.5 Å². The van der Waals surface area contributed by atoms with Crippen LogP contribution in [0, 0.1) is 0 Å². The molecule has 0 unspecified atom stereocenters. The first kappa shape index (κ1) is 23.9. The zero-order valence-corrected chi connectivity index (χ0v) is 19.0. The number of aromatic nitrogens is 1.